The predicted molar refractivity (Wildman–Crippen MR) is 69.7 cm³/mol. The lowest BCUT2D eigenvalue weighted by molar-refractivity contribution is 0.289. The molecule has 0 saturated carbocycles. The van der Waals surface area contributed by atoms with Crippen LogP contribution in [0.5, 0.6) is 0 Å². The normalized spacial score (nSPS) is 11.5. The predicted octanol–water partition coefficient (Wildman–Crippen LogP) is 3.23. The molecule has 0 aromatic rings. The SMILES string of the molecule is CC(C)(C)CC#CC(O)C#CCC(C)(C)C. The van der Waals surface area contributed by atoms with Crippen LogP contribution in [0, 0.1) is 34.5 Å². The zero-order chi connectivity index (χ0) is 12.8. The lowest BCUT2D eigenvalue weighted by Gasteiger charge is -2.13. The highest BCUT2D eigenvalue weighted by molar-refractivity contribution is 5.20. The Balaban J connectivity index is 4.13. The molecule has 0 atom stereocenters. The monoisotopic (exact) mass is 220 g/mol. The molecule has 0 heterocycles. The van der Waals surface area contributed by atoms with Gasteiger partial charge in [0.2, 0.25) is 0 Å². The van der Waals surface area contributed by atoms with Crippen LogP contribution in [0.3, 0.4) is 0 Å². The van der Waals surface area contributed by atoms with Crippen molar-refractivity contribution in [1.29, 1.82) is 0 Å². The molecule has 0 aliphatic carbocycles. The van der Waals surface area contributed by atoms with Gasteiger partial charge in [0, 0.05) is 12.8 Å². The molecular weight excluding hydrogens is 196 g/mol. The smallest absolute Gasteiger partial charge is 0.176 e. The van der Waals surface area contributed by atoms with Gasteiger partial charge >= 0.3 is 0 Å². The van der Waals surface area contributed by atoms with Crippen LogP contribution in [0.25, 0.3) is 0 Å². The second-order valence-corrected chi connectivity index (χ2v) is 6.52. The summed E-state index contributed by atoms with van der Waals surface area (Å²) in [6, 6.07) is 0. The molecule has 0 saturated heterocycles. The van der Waals surface area contributed by atoms with E-state index in [1.165, 1.54) is 0 Å². The van der Waals surface area contributed by atoms with Crippen LogP contribution < -0.4 is 0 Å². The largest absolute Gasteiger partial charge is 0.369 e. The van der Waals surface area contributed by atoms with Crippen LogP contribution in [0.4, 0.5) is 0 Å². The molecule has 0 aliphatic heterocycles. The molecule has 0 aromatic carbocycles. The minimum Gasteiger partial charge on any atom is -0.369 e. The third-order valence-corrected chi connectivity index (χ3v) is 1.71. The topological polar surface area (TPSA) is 20.2 Å². The Morgan fingerprint density at radius 3 is 1.38 bits per heavy atom. The van der Waals surface area contributed by atoms with Gasteiger partial charge in [-0.05, 0) is 10.8 Å². The van der Waals surface area contributed by atoms with Crippen molar-refractivity contribution in [3.8, 4) is 23.7 Å². The van der Waals surface area contributed by atoms with E-state index in [9.17, 15) is 5.11 Å². The summed E-state index contributed by atoms with van der Waals surface area (Å²) in [4.78, 5) is 0. The van der Waals surface area contributed by atoms with Gasteiger partial charge in [-0.3, -0.25) is 0 Å². The molecule has 0 aliphatic rings. The summed E-state index contributed by atoms with van der Waals surface area (Å²) in [5.74, 6) is 11.5. The molecule has 90 valence electrons. The van der Waals surface area contributed by atoms with Gasteiger partial charge in [-0.15, -0.1) is 0 Å². The quantitative estimate of drug-likeness (QED) is 0.621. The Labute approximate surface area is 101 Å². The van der Waals surface area contributed by atoms with Gasteiger partial charge in [-0.2, -0.15) is 0 Å². The Bertz CT molecular complexity index is 283. The number of rotatable bonds is 0. The minimum atomic E-state index is -0.801. The zero-order valence-corrected chi connectivity index (χ0v) is 11.4. The average molecular weight is 220 g/mol. The van der Waals surface area contributed by atoms with Crippen molar-refractivity contribution in [2.24, 2.45) is 10.8 Å². The Kier molecular flexibility index (Phi) is 5.63. The first-order valence-corrected chi connectivity index (χ1v) is 5.75. The fourth-order valence-electron chi connectivity index (χ4n) is 0.862. The molecule has 0 aromatic heterocycles. The van der Waals surface area contributed by atoms with E-state index < -0.39 is 6.10 Å². The minimum absolute atomic E-state index is 0.186. The van der Waals surface area contributed by atoms with Gasteiger partial charge < -0.3 is 5.11 Å². The second kappa shape index (κ2) is 5.97. The van der Waals surface area contributed by atoms with Crippen LogP contribution >= 0.6 is 0 Å². The molecule has 1 heteroatoms. The summed E-state index contributed by atoms with van der Waals surface area (Å²) >= 11 is 0. The average Bonchev–Trinajstić information content (AvgIpc) is 1.98. The molecule has 0 unspecified atom stereocenters. The van der Waals surface area contributed by atoms with Crippen LogP contribution in [0.15, 0.2) is 0 Å². The van der Waals surface area contributed by atoms with Crippen molar-refractivity contribution in [2.75, 3.05) is 0 Å². The lowest BCUT2D eigenvalue weighted by atomic mass is 9.92. The van der Waals surface area contributed by atoms with Crippen molar-refractivity contribution in [3.05, 3.63) is 0 Å². The van der Waals surface area contributed by atoms with E-state index in [-0.39, 0.29) is 10.8 Å². The summed E-state index contributed by atoms with van der Waals surface area (Å²) < 4.78 is 0. The fourth-order valence-corrected chi connectivity index (χ4v) is 0.862. The summed E-state index contributed by atoms with van der Waals surface area (Å²) in [7, 11) is 0. The molecule has 16 heavy (non-hydrogen) atoms. The second-order valence-electron chi connectivity index (χ2n) is 6.52. The first-order valence-electron chi connectivity index (χ1n) is 5.75. The molecule has 0 spiro atoms. The maximum Gasteiger partial charge on any atom is 0.176 e. The third kappa shape index (κ3) is 11.2. The summed E-state index contributed by atoms with van der Waals surface area (Å²) in [5.41, 5.74) is 0.372. The highest BCUT2D eigenvalue weighted by atomic mass is 16.3. The molecule has 0 fully saturated rings. The first kappa shape index (κ1) is 15.1. The summed E-state index contributed by atoms with van der Waals surface area (Å²) in [6.45, 7) is 12.7. The van der Waals surface area contributed by atoms with Crippen molar-refractivity contribution in [2.45, 2.75) is 60.5 Å². The van der Waals surface area contributed by atoms with Gasteiger partial charge in [0.25, 0.3) is 0 Å². The van der Waals surface area contributed by atoms with Gasteiger partial charge in [0.15, 0.2) is 6.10 Å². The highest BCUT2D eigenvalue weighted by Crippen LogP contribution is 2.17. The van der Waals surface area contributed by atoms with E-state index >= 15 is 0 Å². The van der Waals surface area contributed by atoms with E-state index in [4.69, 9.17) is 0 Å². The van der Waals surface area contributed by atoms with E-state index in [1.807, 2.05) is 0 Å². The molecule has 0 radical (unpaired) electrons. The van der Waals surface area contributed by atoms with Crippen molar-refractivity contribution < 1.29 is 5.11 Å². The van der Waals surface area contributed by atoms with Gasteiger partial charge in [0.05, 0.1) is 0 Å². The van der Waals surface area contributed by atoms with Gasteiger partial charge in [0.1, 0.15) is 0 Å². The van der Waals surface area contributed by atoms with Crippen molar-refractivity contribution in [1.82, 2.24) is 0 Å². The number of hydrogen-bond acceptors (Lipinski definition) is 1. The standard InChI is InChI=1S/C15H24O/c1-14(2,3)11-7-9-13(16)10-8-12-15(4,5)6/h13,16H,11-12H2,1-6H3. The van der Waals surface area contributed by atoms with Gasteiger partial charge in [-0.1, -0.05) is 65.2 Å². The highest BCUT2D eigenvalue weighted by Gasteiger charge is 2.07. The molecule has 1 N–H and O–H groups in total. The lowest BCUT2D eigenvalue weighted by Crippen LogP contribution is -2.05. The van der Waals surface area contributed by atoms with E-state index in [0.29, 0.717) is 0 Å². The number of hydrogen-bond donors (Lipinski definition) is 1. The molecule has 1 nitrogen and oxygen atoms in total. The third-order valence-electron chi connectivity index (χ3n) is 1.71. The molecule has 0 amide bonds. The van der Waals surface area contributed by atoms with Crippen molar-refractivity contribution >= 4 is 0 Å². The Hall–Kier alpha value is -0.920. The van der Waals surface area contributed by atoms with E-state index in [0.717, 1.165) is 12.8 Å². The Morgan fingerprint density at radius 2 is 1.12 bits per heavy atom. The summed E-state index contributed by atoms with van der Waals surface area (Å²) in [5, 5.41) is 9.50. The first-order chi connectivity index (χ1) is 7.10. The van der Waals surface area contributed by atoms with Crippen LogP contribution in [-0.4, -0.2) is 11.2 Å². The van der Waals surface area contributed by atoms with Crippen molar-refractivity contribution in [3.63, 3.8) is 0 Å². The number of aliphatic hydroxyl groups is 1. The summed E-state index contributed by atoms with van der Waals surface area (Å²) in [6.07, 6.45) is 0.764. The maximum atomic E-state index is 9.50. The van der Waals surface area contributed by atoms with Crippen LogP contribution in [0.2, 0.25) is 0 Å². The van der Waals surface area contributed by atoms with Crippen LogP contribution in [-0.2, 0) is 0 Å². The Morgan fingerprint density at radius 1 is 0.812 bits per heavy atom. The fraction of sp³-hybridized carbons (Fsp3) is 0.733. The maximum absolute atomic E-state index is 9.50. The molecular formula is C15H24O. The number of aliphatic hydroxyl groups excluding tert-OH is 1. The molecule has 0 rings (SSSR count). The van der Waals surface area contributed by atoms with Crippen LogP contribution in [0.1, 0.15) is 54.4 Å². The molecule has 0 bridgehead atoms. The van der Waals surface area contributed by atoms with E-state index in [2.05, 4.69) is 65.2 Å². The van der Waals surface area contributed by atoms with E-state index in [1.54, 1.807) is 0 Å². The van der Waals surface area contributed by atoms with Gasteiger partial charge in [-0.25, -0.2) is 0 Å². The zero-order valence-electron chi connectivity index (χ0n) is 11.4.